The molecule has 2 rings (SSSR count). The van der Waals surface area contributed by atoms with Crippen molar-refractivity contribution in [2.45, 2.75) is 6.04 Å². The number of amides is 1. The Hall–Kier alpha value is -1.61. The average Bonchev–Trinajstić information content (AvgIpc) is 2.48. The van der Waals surface area contributed by atoms with Crippen molar-refractivity contribution in [1.29, 1.82) is 0 Å². The Morgan fingerprint density at radius 3 is 2.79 bits per heavy atom. The van der Waals surface area contributed by atoms with Gasteiger partial charge in [-0.1, -0.05) is 0 Å². The molecule has 0 bridgehead atoms. The van der Waals surface area contributed by atoms with Crippen molar-refractivity contribution in [2.24, 2.45) is 20.1 Å². The van der Waals surface area contributed by atoms with Gasteiger partial charge in [-0.25, -0.2) is 23.5 Å². The van der Waals surface area contributed by atoms with Crippen LogP contribution in [0.3, 0.4) is 0 Å². The van der Waals surface area contributed by atoms with E-state index in [2.05, 4.69) is 20.3 Å². The van der Waals surface area contributed by atoms with Crippen LogP contribution in [0, 0.1) is 0 Å². The van der Waals surface area contributed by atoms with Gasteiger partial charge in [-0.05, 0) is 0 Å². The maximum atomic E-state index is 11.1. The number of hydrogen-bond acceptors (Lipinski definition) is 6. The zero-order valence-electron chi connectivity index (χ0n) is 6.71. The Kier molecular flexibility index (Phi) is 1.72. The number of rotatable bonds is 0. The van der Waals surface area contributed by atoms with E-state index in [1.807, 2.05) is 0 Å². The van der Waals surface area contributed by atoms with E-state index in [0.29, 0.717) is 0 Å². The third-order valence-electron chi connectivity index (χ3n) is 1.60. The summed E-state index contributed by atoms with van der Waals surface area (Å²) in [5.74, 6) is -0.435. The first-order valence-electron chi connectivity index (χ1n) is 3.50. The van der Waals surface area contributed by atoms with Crippen LogP contribution in [-0.4, -0.2) is 37.7 Å². The molecular formula is C5H5N5O3S. The van der Waals surface area contributed by atoms with Crippen LogP contribution in [0.2, 0.25) is 0 Å². The number of nitrogens with zero attached hydrogens (tertiary/aromatic N) is 3. The molecule has 2 aliphatic heterocycles. The van der Waals surface area contributed by atoms with Gasteiger partial charge in [-0.3, -0.25) is 4.79 Å². The van der Waals surface area contributed by atoms with Crippen molar-refractivity contribution in [3.8, 4) is 0 Å². The SMILES string of the molecule is NS(=O)(=O)C1=NC2C(=O)NC=NC2=N1. The number of amidine groups is 2. The van der Waals surface area contributed by atoms with Gasteiger partial charge in [0.25, 0.3) is 21.1 Å². The number of carbonyl (C=O) groups excluding carboxylic acids is 1. The fourth-order valence-electron chi connectivity index (χ4n) is 1.01. The highest BCUT2D eigenvalue weighted by atomic mass is 32.2. The number of primary sulfonamides is 1. The maximum Gasteiger partial charge on any atom is 0.273 e. The second-order valence-corrected chi connectivity index (χ2v) is 4.05. The molecule has 1 unspecified atom stereocenters. The summed E-state index contributed by atoms with van der Waals surface area (Å²) in [6, 6.07) is -0.992. The predicted octanol–water partition coefficient (Wildman–Crippen LogP) is -2.43. The third kappa shape index (κ3) is 1.32. The fourth-order valence-corrected chi connectivity index (χ4v) is 1.48. The minimum atomic E-state index is -3.98. The van der Waals surface area contributed by atoms with Gasteiger partial charge < -0.3 is 5.32 Å². The van der Waals surface area contributed by atoms with Crippen molar-refractivity contribution in [3.63, 3.8) is 0 Å². The van der Waals surface area contributed by atoms with Crippen molar-refractivity contribution in [3.05, 3.63) is 0 Å². The third-order valence-corrected chi connectivity index (χ3v) is 2.31. The molecule has 0 aromatic rings. The second-order valence-electron chi connectivity index (χ2n) is 2.60. The quantitative estimate of drug-likeness (QED) is 0.466. The van der Waals surface area contributed by atoms with Crippen LogP contribution < -0.4 is 10.5 Å². The molecular weight excluding hydrogens is 210 g/mol. The summed E-state index contributed by atoms with van der Waals surface area (Å²) in [4.78, 5) is 21.8. The van der Waals surface area contributed by atoms with Crippen LogP contribution >= 0.6 is 0 Å². The molecule has 2 aliphatic rings. The summed E-state index contributed by atoms with van der Waals surface area (Å²) in [6.07, 6.45) is 1.12. The molecule has 0 saturated heterocycles. The summed E-state index contributed by atoms with van der Waals surface area (Å²) < 4.78 is 21.7. The van der Waals surface area contributed by atoms with Gasteiger partial charge in [-0.2, -0.15) is 4.99 Å². The summed E-state index contributed by atoms with van der Waals surface area (Å²) in [5.41, 5.74) is 0. The molecule has 1 amide bonds. The van der Waals surface area contributed by atoms with Crippen LogP contribution in [0.25, 0.3) is 0 Å². The number of fused-ring (bicyclic) bond motifs is 1. The molecule has 0 aliphatic carbocycles. The molecule has 8 nitrogen and oxygen atoms in total. The van der Waals surface area contributed by atoms with Crippen LogP contribution in [0.4, 0.5) is 0 Å². The normalized spacial score (nSPS) is 25.2. The van der Waals surface area contributed by atoms with E-state index in [-0.39, 0.29) is 5.84 Å². The molecule has 74 valence electrons. The molecule has 0 aromatic carbocycles. The molecule has 0 aromatic heterocycles. The molecule has 0 spiro atoms. The van der Waals surface area contributed by atoms with E-state index in [9.17, 15) is 13.2 Å². The van der Waals surface area contributed by atoms with Crippen LogP contribution in [0.15, 0.2) is 15.0 Å². The highest BCUT2D eigenvalue weighted by molar-refractivity contribution is 8.04. The molecule has 0 radical (unpaired) electrons. The first-order valence-corrected chi connectivity index (χ1v) is 5.05. The Balaban J connectivity index is 2.47. The Labute approximate surface area is 78.7 Å². The Morgan fingerprint density at radius 1 is 1.50 bits per heavy atom. The number of hydrogen-bond donors (Lipinski definition) is 2. The molecule has 14 heavy (non-hydrogen) atoms. The molecule has 2 heterocycles. The van der Waals surface area contributed by atoms with Gasteiger partial charge >= 0.3 is 0 Å². The summed E-state index contributed by atoms with van der Waals surface area (Å²) in [6.45, 7) is 0. The highest BCUT2D eigenvalue weighted by Gasteiger charge is 2.34. The Bertz CT molecular complexity index is 487. The minimum Gasteiger partial charge on any atom is -0.314 e. The van der Waals surface area contributed by atoms with Crippen molar-refractivity contribution in [2.75, 3.05) is 0 Å². The van der Waals surface area contributed by atoms with Crippen LogP contribution in [-0.2, 0) is 14.8 Å². The zero-order chi connectivity index (χ0) is 10.3. The van der Waals surface area contributed by atoms with Gasteiger partial charge in [-0.15, -0.1) is 0 Å². The molecule has 1 atom stereocenters. The molecule has 3 N–H and O–H groups in total. The second kappa shape index (κ2) is 2.69. The van der Waals surface area contributed by atoms with E-state index >= 15 is 0 Å². The Morgan fingerprint density at radius 2 is 2.21 bits per heavy atom. The first-order chi connectivity index (χ1) is 6.48. The minimum absolute atomic E-state index is 0.0396. The number of nitrogens with one attached hydrogen (secondary N) is 1. The smallest absolute Gasteiger partial charge is 0.273 e. The van der Waals surface area contributed by atoms with Crippen LogP contribution in [0.1, 0.15) is 0 Å². The van der Waals surface area contributed by atoms with Crippen LogP contribution in [0.5, 0.6) is 0 Å². The van der Waals surface area contributed by atoms with Gasteiger partial charge in [0.05, 0.1) is 6.34 Å². The number of sulfonamides is 1. The lowest BCUT2D eigenvalue weighted by Crippen LogP contribution is -2.40. The van der Waals surface area contributed by atoms with Gasteiger partial charge in [0.2, 0.25) is 0 Å². The fraction of sp³-hybridized carbons (Fsp3) is 0.200. The van der Waals surface area contributed by atoms with E-state index in [0.717, 1.165) is 6.34 Å². The highest BCUT2D eigenvalue weighted by Crippen LogP contribution is 2.11. The monoisotopic (exact) mass is 215 g/mol. The van der Waals surface area contributed by atoms with E-state index < -0.39 is 27.1 Å². The van der Waals surface area contributed by atoms with Gasteiger partial charge in [0.15, 0.2) is 11.9 Å². The molecule has 9 heteroatoms. The molecule has 0 fully saturated rings. The lowest BCUT2D eigenvalue weighted by Gasteiger charge is -2.09. The largest absolute Gasteiger partial charge is 0.314 e. The summed E-state index contributed by atoms with van der Waals surface area (Å²) in [5, 5.41) is 6.50. The van der Waals surface area contributed by atoms with E-state index in [1.165, 1.54) is 0 Å². The lowest BCUT2D eigenvalue weighted by molar-refractivity contribution is -0.119. The number of aliphatic imine (C=N–C) groups is 3. The summed E-state index contributed by atoms with van der Waals surface area (Å²) in [7, 11) is -3.98. The van der Waals surface area contributed by atoms with E-state index in [1.54, 1.807) is 0 Å². The van der Waals surface area contributed by atoms with Crippen molar-refractivity contribution < 1.29 is 13.2 Å². The lowest BCUT2D eigenvalue weighted by atomic mass is 10.2. The first kappa shape index (κ1) is 8.97. The zero-order valence-corrected chi connectivity index (χ0v) is 7.52. The van der Waals surface area contributed by atoms with Crippen molar-refractivity contribution in [1.82, 2.24) is 5.32 Å². The topological polar surface area (TPSA) is 126 Å². The van der Waals surface area contributed by atoms with E-state index in [4.69, 9.17) is 5.14 Å². The predicted molar refractivity (Wildman–Crippen MR) is 48.4 cm³/mol. The number of carbonyl (C=O) groups is 1. The molecule has 0 saturated carbocycles. The van der Waals surface area contributed by atoms with Gasteiger partial charge in [0, 0.05) is 0 Å². The van der Waals surface area contributed by atoms with Gasteiger partial charge in [0.1, 0.15) is 0 Å². The number of nitrogens with two attached hydrogens (primary N) is 1. The van der Waals surface area contributed by atoms with Crippen molar-refractivity contribution >= 4 is 33.3 Å². The standard InChI is InChI=1S/C5H5N5O3S/c6-14(12,13)5-9-2-3(10-5)7-1-8-4(2)11/h1-2H,(H2,6,12,13)(H,7,8,9,10,11). The maximum absolute atomic E-state index is 11.1. The average molecular weight is 215 g/mol. The summed E-state index contributed by atoms with van der Waals surface area (Å²) >= 11 is 0.